The average molecular weight is 363 g/mol. The van der Waals surface area contributed by atoms with Gasteiger partial charge in [0.1, 0.15) is 5.75 Å². The van der Waals surface area contributed by atoms with Gasteiger partial charge in [0.05, 0.1) is 21.3 Å². The van der Waals surface area contributed by atoms with Gasteiger partial charge in [-0.25, -0.2) is 4.79 Å². The molecule has 1 amide bonds. The summed E-state index contributed by atoms with van der Waals surface area (Å²) < 4.78 is 20.7. The van der Waals surface area contributed by atoms with Gasteiger partial charge in [0, 0.05) is 23.7 Å². The normalized spacial score (nSPS) is 14.3. The molecule has 1 saturated carbocycles. The van der Waals surface area contributed by atoms with Crippen LogP contribution in [-0.4, -0.2) is 45.9 Å². The fourth-order valence-electron chi connectivity index (χ4n) is 2.87. The van der Waals surface area contributed by atoms with Crippen LogP contribution in [0.1, 0.15) is 31.2 Å². The second-order valence-corrected chi connectivity index (χ2v) is 5.94. The number of hydrogen-bond acceptors (Lipinski definition) is 6. The third-order valence-corrected chi connectivity index (χ3v) is 4.20. The second-order valence-electron chi connectivity index (χ2n) is 5.94. The third-order valence-electron chi connectivity index (χ3n) is 4.20. The SMILES string of the molecule is COc1cc(OC)c(OC)cc1/C=C/C(=O)OCC(=O)NC1CCCC1. The average Bonchev–Trinajstić information content (AvgIpc) is 3.16. The van der Waals surface area contributed by atoms with Crippen molar-refractivity contribution in [3.8, 4) is 17.2 Å². The molecule has 0 spiro atoms. The second kappa shape index (κ2) is 9.70. The highest BCUT2D eigenvalue weighted by Crippen LogP contribution is 2.35. The van der Waals surface area contributed by atoms with Crippen molar-refractivity contribution >= 4 is 18.0 Å². The van der Waals surface area contributed by atoms with Crippen LogP contribution in [0.15, 0.2) is 18.2 Å². The fourth-order valence-corrected chi connectivity index (χ4v) is 2.87. The van der Waals surface area contributed by atoms with E-state index in [9.17, 15) is 9.59 Å². The molecule has 0 unspecified atom stereocenters. The van der Waals surface area contributed by atoms with Gasteiger partial charge in [-0.05, 0) is 25.0 Å². The molecule has 2 rings (SSSR count). The summed E-state index contributed by atoms with van der Waals surface area (Å²) in [5.74, 6) is 0.668. The highest BCUT2D eigenvalue weighted by atomic mass is 16.5. The minimum absolute atomic E-state index is 0.202. The molecular weight excluding hydrogens is 338 g/mol. The number of nitrogens with one attached hydrogen (secondary N) is 1. The maximum absolute atomic E-state index is 11.8. The molecule has 26 heavy (non-hydrogen) atoms. The maximum Gasteiger partial charge on any atom is 0.331 e. The summed E-state index contributed by atoms with van der Waals surface area (Å²) in [7, 11) is 4.57. The first-order valence-corrected chi connectivity index (χ1v) is 8.51. The zero-order valence-corrected chi connectivity index (χ0v) is 15.4. The summed E-state index contributed by atoms with van der Waals surface area (Å²) in [6.07, 6.45) is 7.00. The zero-order chi connectivity index (χ0) is 18.9. The number of hydrogen-bond donors (Lipinski definition) is 1. The van der Waals surface area contributed by atoms with E-state index in [-0.39, 0.29) is 18.6 Å². The summed E-state index contributed by atoms with van der Waals surface area (Å²) >= 11 is 0. The van der Waals surface area contributed by atoms with Crippen LogP contribution in [0.4, 0.5) is 0 Å². The number of benzene rings is 1. The number of carbonyl (C=O) groups excluding carboxylic acids is 2. The first-order chi connectivity index (χ1) is 12.6. The predicted octanol–water partition coefficient (Wildman–Crippen LogP) is 2.33. The molecule has 0 aromatic heterocycles. The lowest BCUT2D eigenvalue weighted by Crippen LogP contribution is -2.35. The van der Waals surface area contributed by atoms with Gasteiger partial charge in [-0.15, -0.1) is 0 Å². The van der Waals surface area contributed by atoms with Gasteiger partial charge >= 0.3 is 5.97 Å². The van der Waals surface area contributed by atoms with Crippen molar-refractivity contribution in [3.63, 3.8) is 0 Å². The number of carbonyl (C=O) groups is 2. The van der Waals surface area contributed by atoms with Gasteiger partial charge in [0.15, 0.2) is 18.1 Å². The lowest BCUT2D eigenvalue weighted by atomic mass is 10.1. The van der Waals surface area contributed by atoms with Crippen LogP contribution < -0.4 is 19.5 Å². The molecule has 1 N–H and O–H groups in total. The van der Waals surface area contributed by atoms with Crippen LogP contribution in [0.25, 0.3) is 6.08 Å². The Balaban J connectivity index is 1.93. The van der Waals surface area contributed by atoms with Crippen molar-refractivity contribution in [3.05, 3.63) is 23.8 Å². The van der Waals surface area contributed by atoms with E-state index < -0.39 is 5.97 Å². The molecule has 0 bridgehead atoms. The molecule has 7 heteroatoms. The molecule has 142 valence electrons. The van der Waals surface area contributed by atoms with E-state index in [2.05, 4.69) is 5.32 Å². The van der Waals surface area contributed by atoms with Crippen molar-refractivity contribution < 1.29 is 28.5 Å². The first-order valence-electron chi connectivity index (χ1n) is 8.51. The van der Waals surface area contributed by atoms with E-state index >= 15 is 0 Å². The standard InChI is InChI=1S/C19H25NO6/c1-23-15-11-17(25-3)16(24-2)10-13(15)8-9-19(22)26-12-18(21)20-14-6-4-5-7-14/h8-11,14H,4-7,12H2,1-3H3,(H,20,21)/b9-8+. The van der Waals surface area contributed by atoms with Crippen LogP contribution in [-0.2, 0) is 14.3 Å². The zero-order valence-electron chi connectivity index (χ0n) is 15.4. The van der Waals surface area contributed by atoms with Crippen molar-refractivity contribution in [2.45, 2.75) is 31.7 Å². The van der Waals surface area contributed by atoms with E-state index in [1.165, 1.54) is 33.5 Å². The summed E-state index contributed by atoms with van der Waals surface area (Å²) in [6.45, 7) is -0.289. The third kappa shape index (κ3) is 5.40. The molecule has 0 atom stereocenters. The Morgan fingerprint density at radius 1 is 1.04 bits per heavy atom. The Hall–Kier alpha value is -2.70. The van der Waals surface area contributed by atoms with Crippen LogP contribution in [0.3, 0.4) is 0 Å². The first kappa shape index (κ1) is 19.6. The number of amides is 1. The van der Waals surface area contributed by atoms with Crippen LogP contribution in [0, 0.1) is 0 Å². The summed E-state index contributed by atoms with van der Waals surface area (Å²) in [5, 5.41) is 2.86. The van der Waals surface area contributed by atoms with Crippen LogP contribution in [0.2, 0.25) is 0 Å². The van der Waals surface area contributed by atoms with Gasteiger partial charge in [-0.2, -0.15) is 0 Å². The van der Waals surface area contributed by atoms with Crippen LogP contribution >= 0.6 is 0 Å². The molecule has 0 aliphatic heterocycles. The molecule has 1 aromatic rings. The predicted molar refractivity (Wildman–Crippen MR) is 96.5 cm³/mol. The molecule has 7 nitrogen and oxygen atoms in total. The van der Waals surface area contributed by atoms with Crippen molar-refractivity contribution in [2.24, 2.45) is 0 Å². The minimum Gasteiger partial charge on any atom is -0.496 e. The van der Waals surface area contributed by atoms with Crippen LogP contribution in [0.5, 0.6) is 17.2 Å². The summed E-state index contributed by atoms with van der Waals surface area (Å²) in [6, 6.07) is 3.56. The summed E-state index contributed by atoms with van der Waals surface area (Å²) in [5.41, 5.74) is 0.623. The Kier molecular flexibility index (Phi) is 7.32. The lowest BCUT2D eigenvalue weighted by Gasteiger charge is -2.12. The monoisotopic (exact) mass is 363 g/mol. The van der Waals surface area contributed by atoms with Gasteiger partial charge < -0.3 is 24.3 Å². The van der Waals surface area contributed by atoms with Gasteiger partial charge in [-0.1, -0.05) is 12.8 Å². The molecule has 0 saturated heterocycles. The Labute approximate surface area is 153 Å². The van der Waals surface area contributed by atoms with E-state index in [0.29, 0.717) is 22.8 Å². The molecule has 1 fully saturated rings. The van der Waals surface area contributed by atoms with Gasteiger partial charge in [-0.3, -0.25) is 4.79 Å². The van der Waals surface area contributed by atoms with E-state index in [1.807, 2.05) is 0 Å². The van der Waals surface area contributed by atoms with Crippen molar-refractivity contribution in [1.82, 2.24) is 5.32 Å². The Morgan fingerprint density at radius 3 is 2.27 bits per heavy atom. The van der Waals surface area contributed by atoms with Gasteiger partial charge in [0.2, 0.25) is 0 Å². The lowest BCUT2D eigenvalue weighted by molar-refractivity contribution is -0.144. The number of rotatable bonds is 8. The summed E-state index contributed by atoms with van der Waals surface area (Å²) in [4.78, 5) is 23.6. The quantitative estimate of drug-likeness (QED) is 0.564. The topological polar surface area (TPSA) is 83.1 Å². The largest absolute Gasteiger partial charge is 0.496 e. The minimum atomic E-state index is -0.608. The van der Waals surface area contributed by atoms with E-state index in [4.69, 9.17) is 18.9 Å². The smallest absolute Gasteiger partial charge is 0.331 e. The highest BCUT2D eigenvalue weighted by molar-refractivity contribution is 5.90. The molecule has 1 aliphatic rings. The maximum atomic E-state index is 11.8. The molecule has 0 heterocycles. The van der Waals surface area contributed by atoms with Crippen molar-refractivity contribution in [2.75, 3.05) is 27.9 Å². The molecule has 1 aromatic carbocycles. The molecule has 1 aliphatic carbocycles. The molecule has 0 radical (unpaired) electrons. The number of esters is 1. The number of ether oxygens (including phenoxy) is 4. The van der Waals surface area contributed by atoms with Gasteiger partial charge in [0.25, 0.3) is 5.91 Å². The Bertz CT molecular complexity index is 664. The van der Waals surface area contributed by atoms with E-state index in [0.717, 1.165) is 25.7 Å². The fraction of sp³-hybridized carbons (Fsp3) is 0.474. The molecular formula is C19H25NO6. The van der Waals surface area contributed by atoms with Crippen molar-refractivity contribution in [1.29, 1.82) is 0 Å². The Morgan fingerprint density at radius 2 is 1.65 bits per heavy atom. The number of methoxy groups -OCH3 is 3. The highest BCUT2D eigenvalue weighted by Gasteiger charge is 2.17. The van der Waals surface area contributed by atoms with E-state index in [1.54, 1.807) is 12.1 Å².